The first-order valence-electron chi connectivity index (χ1n) is 8.03. The topological polar surface area (TPSA) is 29.9 Å². The predicted molar refractivity (Wildman–Crippen MR) is 87.5 cm³/mol. The van der Waals surface area contributed by atoms with Crippen LogP contribution >= 0.6 is 11.6 Å². The molecule has 1 aromatic heterocycles. The number of nitrogens with one attached hydrogen (secondary N) is 1. The van der Waals surface area contributed by atoms with E-state index in [-0.39, 0.29) is 0 Å². The third-order valence-corrected chi connectivity index (χ3v) is 4.63. The van der Waals surface area contributed by atoms with Gasteiger partial charge in [0.25, 0.3) is 0 Å². The maximum atomic E-state index is 6.45. The van der Waals surface area contributed by atoms with Gasteiger partial charge in [0.05, 0.1) is 16.4 Å². The van der Waals surface area contributed by atoms with Gasteiger partial charge in [-0.25, -0.2) is 0 Å². The van der Waals surface area contributed by atoms with E-state index in [1.807, 2.05) is 6.92 Å². The molecule has 0 bridgehead atoms. The number of hydrogen-bond donors (Lipinski definition) is 1. The SMILES string of the molecule is CCCNC(Cc1c(Cl)c(C)nn1CC)C(CC)CC. The molecule has 0 saturated carbocycles. The number of aromatic nitrogens is 2. The highest BCUT2D eigenvalue weighted by Gasteiger charge is 2.22. The van der Waals surface area contributed by atoms with Crippen LogP contribution in [0.2, 0.25) is 5.02 Å². The van der Waals surface area contributed by atoms with Crippen molar-refractivity contribution in [1.29, 1.82) is 0 Å². The van der Waals surface area contributed by atoms with Crippen molar-refractivity contribution < 1.29 is 0 Å². The average molecular weight is 300 g/mol. The van der Waals surface area contributed by atoms with Gasteiger partial charge in [0.2, 0.25) is 0 Å². The molecule has 0 aliphatic carbocycles. The number of nitrogens with zero attached hydrogens (tertiary/aromatic N) is 2. The summed E-state index contributed by atoms with van der Waals surface area (Å²) >= 11 is 6.45. The molecule has 1 atom stereocenters. The number of halogens is 1. The lowest BCUT2D eigenvalue weighted by molar-refractivity contribution is 0.326. The summed E-state index contributed by atoms with van der Waals surface area (Å²) in [6.07, 6.45) is 4.54. The fourth-order valence-corrected chi connectivity index (χ4v) is 3.08. The standard InChI is InChI=1S/C16H30ClN3/c1-6-10-18-14(13(7-2)8-3)11-15-16(17)12(5)19-20(15)9-4/h13-14,18H,6-11H2,1-5H3. The molecule has 0 spiro atoms. The second-order valence-electron chi connectivity index (χ2n) is 5.50. The molecule has 0 fully saturated rings. The van der Waals surface area contributed by atoms with Crippen LogP contribution < -0.4 is 5.32 Å². The van der Waals surface area contributed by atoms with Crippen molar-refractivity contribution in [2.75, 3.05) is 6.54 Å². The zero-order valence-electron chi connectivity index (χ0n) is 13.7. The predicted octanol–water partition coefficient (Wildman–Crippen LogP) is 4.21. The number of rotatable bonds is 9. The Morgan fingerprint density at radius 3 is 2.35 bits per heavy atom. The molecule has 0 aliphatic rings. The fourth-order valence-electron chi connectivity index (χ4n) is 2.87. The van der Waals surface area contributed by atoms with Crippen LogP contribution in [0.15, 0.2) is 0 Å². The Balaban J connectivity index is 2.93. The maximum absolute atomic E-state index is 6.45. The van der Waals surface area contributed by atoms with Crippen molar-refractivity contribution in [2.24, 2.45) is 5.92 Å². The van der Waals surface area contributed by atoms with E-state index in [1.165, 1.54) is 18.5 Å². The van der Waals surface area contributed by atoms with Crippen molar-refractivity contribution in [2.45, 2.75) is 72.9 Å². The van der Waals surface area contributed by atoms with Gasteiger partial charge in [0.1, 0.15) is 0 Å². The largest absolute Gasteiger partial charge is 0.313 e. The molecule has 0 amide bonds. The molecule has 0 aliphatic heterocycles. The Bertz CT molecular complexity index is 397. The van der Waals surface area contributed by atoms with Crippen molar-refractivity contribution in [3.63, 3.8) is 0 Å². The molecule has 3 nitrogen and oxygen atoms in total. The van der Waals surface area contributed by atoms with Crippen molar-refractivity contribution in [3.8, 4) is 0 Å². The zero-order valence-corrected chi connectivity index (χ0v) is 14.4. The van der Waals surface area contributed by atoms with E-state index >= 15 is 0 Å². The Morgan fingerprint density at radius 2 is 1.85 bits per heavy atom. The Morgan fingerprint density at radius 1 is 1.20 bits per heavy atom. The van der Waals surface area contributed by atoms with Crippen LogP contribution in [0.4, 0.5) is 0 Å². The van der Waals surface area contributed by atoms with Gasteiger partial charge in [-0.05, 0) is 32.7 Å². The van der Waals surface area contributed by atoms with Gasteiger partial charge in [0, 0.05) is 19.0 Å². The van der Waals surface area contributed by atoms with Gasteiger partial charge in [-0.2, -0.15) is 5.10 Å². The Hall–Kier alpha value is -0.540. The molecule has 116 valence electrons. The number of aryl methyl sites for hydroxylation is 2. The molecule has 4 heteroatoms. The summed E-state index contributed by atoms with van der Waals surface area (Å²) in [4.78, 5) is 0. The van der Waals surface area contributed by atoms with Crippen LogP contribution in [0.25, 0.3) is 0 Å². The second-order valence-corrected chi connectivity index (χ2v) is 5.88. The van der Waals surface area contributed by atoms with Crippen LogP contribution in [-0.4, -0.2) is 22.4 Å². The molecule has 0 saturated heterocycles. The molecule has 1 N–H and O–H groups in total. The summed E-state index contributed by atoms with van der Waals surface area (Å²) in [5, 5.41) is 9.09. The molecule has 0 aromatic carbocycles. The minimum absolute atomic E-state index is 0.490. The Labute approximate surface area is 129 Å². The highest BCUT2D eigenvalue weighted by molar-refractivity contribution is 6.31. The van der Waals surface area contributed by atoms with Crippen LogP contribution in [0, 0.1) is 12.8 Å². The molecular weight excluding hydrogens is 270 g/mol. The minimum Gasteiger partial charge on any atom is -0.313 e. The van der Waals surface area contributed by atoms with E-state index < -0.39 is 0 Å². The summed E-state index contributed by atoms with van der Waals surface area (Å²) in [5.41, 5.74) is 2.13. The van der Waals surface area contributed by atoms with Crippen molar-refractivity contribution >= 4 is 11.6 Å². The summed E-state index contributed by atoms with van der Waals surface area (Å²) in [6.45, 7) is 12.8. The average Bonchev–Trinajstić information content (AvgIpc) is 2.73. The summed E-state index contributed by atoms with van der Waals surface area (Å²) in [7, 11) is 0. The van der Waals surface area contributed by atoms with E-state index in [2.05, 4.69) is 42.8 Å². The first kappa shape index (κ1) is 17.5. The third kappa shape index (κ3) is 4.23. The summed E-state index contributed by atoms with van der Waals surface area (Å²) < 4.78 is 2.06. The third-order valence-electron chi connectivity index (χ3n) is 4.14. The monoisotopic (exact) mass is 299 g/mol. The molecule has 20 heavy (non-hydrogen) atoms. The van der Waals surface area contributed by atoms with Gasteiger partial charge >= 0.3 is 0 Å². The maximum Gasteiger partial charge on any atom is 0.0847 e. The van der Waals surface area contributed by atoms with Crippen molar-refractivity contribution in [3.05, 3.63) is 16.4 Å². The zero-order chi connectivity index (χ0) is 15.1. The van der Waals surface area contributed by atoms with E-state index in [1.54, 1.807) is 0 Å². The van der Waals surface area contributed by atoms with Crippen LogP contribution in [-0.2, 0) is 13.0 Å². The normalized spacial score (nSPS) is 13.2. The highest BCUT2D eigenvalue weighted by atomic mass is 35.5. The van der Waals surface area contributed by atoms with E-state index in [0.717, 1.165) is 36.6 Å². The van der Waals surface area contributed by atoms with E-state index in [0.29, 0.717) is 12.0 Å². The van der Waals surface area contributed by atoms with Crippen molar-refractivity contribution in [1.82, 2.24) is 15.1 Å². The summed E-state index contributed by atoms with van der Waals surface area (Å²) in [5.74, 6) is 0.693. The van der Waals surface area contributed by atoms with Crippen LogP contribution in [0.1, 0.15) is 58.3 Å². The van der Waals surface area contributed by atoms with Crippen LogP contribution in [0.5, 0.6) is 0 Å². The highest BCUT2D eigenvalue weighted by Crippen LogP contribution is 2.25. The van der Waals surface area contributed by atoms with Gasteiger partial charge in [0.15, 0.2) is 0 Å². The van der Waals surface area contributed by atoms with Gasteiger partial charge in [-0.15, -0.1) is 0 Å². The first-order valence-corrected chi connectivity index (χ1v) is 8.41. The van der Waals surface area contributed by atoms with Gasteiger partial charge in [-0.1, -0.05) is 45.2 Å². The lowest BCUT2D eigenvalue weighted by Crippen LogP contribution is -2.38. The second kappa shape index (κ2) is 8.68. The van der Waals surface area contributed by atoms with Crippen LogP contribution in [0.3, 0.4) is 0 Å². The molecule has 1 aromatic rings. The lowest BCUT2D eigenvalue weighted by Gasteiger charge is -2.27. The molecule has 1 unspecified atom stereocenters. The Kier molecular flexibility index (Phi) is 7.60. The molecule has 0 radical (unpaired) electrons. The van der Waals surface area contributed by atoms with Gasteiger partial charge in [-0.3, -0.25) is 4.68 Å². The molecular formula is C16H30ClN3. The van der Waals surface area contributed by atoms with E-state index in [9.17, 15) is 0 Å². The summed E-state index contributed by atoms with van der Waals surface area (Å²) in [6, 6.07) is 0.490. The number of hydrogen-bond acceptors (Lipinski definition) is 2. The quantitative estimate of drug-likeness (QED) is 0.740. The smallest absolute Gasteiger partial charge is 0.0847 e. The van der Waals surface area contributed by atoms with E-state index in [4.69, 9.17) is 11.6 Å². The first-order chi connectivity index (χ1) is 9.58. The lowest BCUT2D eigenvalue weighted by atomic mass is 9.90. The minimum atomic E-state index is 0.490. The fraction of sp³-hybridized carbons (Fsp3) is 0.812. The van der Waals surface area contributed by atoms with Gasteiger partial charge < -0.3 is 5.32 Å². The molecule has 1 heterocycles. The molecule has 1 rings (SSSR count).